The van der Waals surface area contributed by atoms with Gasteiger partial charge in [0, 0.05) is 48.8 Å². The first-order valence-corrected chi connectivity index (χ1v) is 18.7. The summed E-state index contributed by atoms with van der Waals surface area (Å²) in [4.78, 5) is 6.97. The molecule has 266 valence electrons. The molecule has 0 unspecified atom stereocenters. The van der Waals surface area contributed by atoms with E-state index < -0.39 is 6.42 Å². The molecule has 0 fully saturated rings. The van der Waals surface area contributed by atoms with Crippen molar-refractivity contribution in [3.05, 3.63) is 161 Å². The van der Waals surface area contributed by atoms with Gasteiger partial charge < -0.3 is 23.4 Å². The summed E-state index contributed by atoms with van der Waals surface area (Å²) in [6.07, 6.45) is 5.44. The number of nitrogens with zero attached hydrogens (tertiary/aromatic N) is 4. The summed E-state index contributed by atoms with van der Waals surface area (Å²) in [7, 11) is 4.12. The number of aryl methyl sites for hydroxylation is 2. The molecule has 4 heterocycles. The van der Waals surface area contributed by atoms with E-state index in [9.17, 15) is 5.11 Å². The minimum atomic E-state index is -1.19. The number of hydrogen-bond donors (Lipinski definition) is 1. The number of fused-ring (bicyclic) bond motifs is 4. The molecule has 6 nitrogen and oxygen atoms in total. The topological polar surface area (TPSA) is 57.4 Å². The smallest absolute Gasteiger partial charge is 0.373 e. The van der Waals surface area contributed by atoms with E-state index in [1.807, 2.05) is 12.1 Å². The molecule has 7 aromatic rings. The zero-order chi connectivity index (χ0) is 37.5. The van der Waals surface area contributed by atoms with E-state index in [1.165, 1.54) is 50.4 Å². The number of hydrogen-bond acceptors (Lipinski definition) is 4. The number of phenols is 1. The average molecular weight is 707 g/mol. The van der Waals surface area contributed by atoms with Gasteiger partial charge >= 0.3 is 6.42 Å². The van der Waals surface area contributed by atoms with Crippen molar-refractivity contribution in [2.24, 2.45) is 0 Å². The largest absolute Gasteiger partial charge is 0.508 e. The zero-order valence-corrected chi connectivity index (χ0v) is 31.8. The van der Waals surface area contributed by atoms with E-state index in [2.05, 4.69) is 166 Å². The summed E-state index contributed by atoms with van der Waals surface area (Å²) in [6, 6.07) is 37.8. The summed E-state index contributed by atoms with van der Waals surface area (Å²) in [5, 5.41) is 12.1. The van der Waals surface area contributed by atoms with Crippen LogP contribution in [0.4, 0.5) is 5.69 Å². The predicted octanol–water partition coefficient (Wildman–Crippen LogP) is 11.0. The first-order chi connectivity index (χ1) is 26.0. The second-order valence-electron chi connectivity index (χ2n) is 15.6. The number of oxazole rings is 1. The van der Waals surface area contributed by atoms with Crippen LogP contribution < -0.4 is 4.90 Å². The highest BCUT2D eigenvalue weighted by molar-refractivity contribution is 6.70. The molecule has 54 heavy (non-hydrogen) atoms. The maximum atomic E-state index is 9.80. The van der Waals surface area contributed by atoms with Gasteiger partial charge in [-0.1, -0.05) is 54.6 Å². The maximum absolute atomic E-state index is 9.80. The molecule has 9 rings (SSSR count). The Morgan fingerprint density at radius 2 is 1.43 bits per heavy atom. The fourth-order valence-electron chi connectivity index (χ4n) is 8.72. The average Bonchev–Trinajstić information content (AvgIpc) is 3.84. The Morgan fingerprint density at radius 1 is 0.741 bits per heavy atom. The van der Waals surface area contributed by atoms with Crippen LogP contribution >= 0.6 is 0 Å². The van der Waals surface area contributed by atoms with Gasteiger partial charge in [0.15, 0.2) is 17.0 Å². The van der Waals surface area contributed by atoms with Crippen molar-refractivity contribution in [3.63, 3.8) is 0 Å². The molecule has 0 atom stereocenters. The third-order valence-corrected chi connectivity index (χ3v) is 11.2. The highest BCUT2D eigenvalue weighted by atomic mass is 16.3. The van der Waals surface area contributed by atoms with Crippen LogP contribution in [0.25, 0.3) is 56.1 Å². The standard InChI is InChI=1S/C47H43BN4O2/c1-29-24-31(3)51-45(29)44(46-30(2)25-40(52(46)48(51,4)5)19-8-32-9-21-41(53)22-10-32)34-13-11-33(12-14-34)37-18-23-42-43(28-37)54-47(49-42)38-16-15-36-27-39(50(6)7)20-17-35(36)26-38/h8-28,53H,1-7H3/b19-8+. The molecular weight excluding hydrogens is 663 g/mol. The van der Waals surface area contributed by atoms with Crippen LogP contribution in [0.5, 0.6) is 5.75 Å². The van der Waals surface area contributed by atoms with Crippen LogP contribution in [0, 0.1) is 13.8 Å². The lowest BCUT2D eigenvalue weighted by Gasteiger charge is -2.40. The number of benzene rings is 5. The van der Waals surface area contributed by atoms with E-state index >= 15 is 0 Å². The van der Waals surface area contributed by atoms with Gasteiger partial charge in [0.05, 0.1) is 5.57 Å². The monoisotopic (exact) mass is 706 g/mol. The Balaban J connectivity index is 1.09. The SMILES string of the molecule is CC1=CC(/C=C/c2ccc(O)cc2)=[N+]2C1=C(c1ccc(-c3ccc4nc(-c5ccc6cc(N(C)C)ccc6c5)oc4c3)cc1)c1c(C)cc(C)n1[B-]2(C)C. The molecule has 0 aliphatic carbocycles. The Kier molecular flexibility index (Phi) is 7.68. The van der Waals surface area contributed by atoms with Crippen LogP contribution in [0.1, 0.15) is 35.0 Å². The summed E-state index contributed by atoms with van der Waals surface area (Å²) in [5.41, 5.74) is 16.9. The third kappa shape index (κ3) is 5.42. The Labute approximate surface area is 316 Å². The molecule has 0 radical (unpaired) electrons. The molecule has 0 bridgehead atoms. The van der Waals surface area contributed by atoms with Gasteiger partial charge in [-0.2, -0.15) is 0 Å². The van der Waals surface area contributed by atoms with E-state index in [0.29, 0.717) is 5.89 Å². The summed E-state index contributed by atoms with van der Waals surface area (Å²) in [6.45, 7) is 11.4. The lowest BCUT2D eigenvalue weighted by Crippen LogP contribution is -2.53. The van der Waals surface area contributed by atoms with Crippen LogP contribution in [0.3, 0.4) is 0 Å². The third-order valence-electron chi connectivity index (χ3n) is 11.2. The molecule has 0 amide bonds. The number of rotatable bonds is 6. The zero-order valence-electron chi connectivity index (χ0n) is 31.8. The predicted molar refractivity (Wildman–Crippen MR) is 226 cm³/mol. The number of phenolic OH excluding ortho intramolecular Hbond substituents is 1. The van der Waals surface area contributed by atoms with Gasteiger partial charge in [-0.05, 0) is 126 Å². The lowest BCUT2D eigenvalue weighted by molar-refractivity contribution is -0.334. The summed E-state index contributed by atoms with van der Waals surface area (Å²) >= 11 is 0. The van der Waals surface area contributed by atoms with Gasteiger partial charge in [-0.3, -0.25) is 0 Å². The number of anilines is 1. The molecule has 1 N–H and O–H groups in total. The molecule has 2 aliphatic heterocycles. The van der Waals surface area contributed by atoms with Gasteiger partial charge in [0.25, 0.3) is 0 Å². The van der Waals surface area contributed by atoms with E-state index in [0.717, 1.165) is 44.5 Å². The van der Waals surface area contributed by atoms with Crippen molar-refractivity contribution in [1.29, 1.82) is 0 Å². The minimum absolute atomic E-state index is 0.271. The first-order valence-electron chi connectivity index (χ1n) is 18.7. The summed E-state index contributed by atoms with van der Waals surface area (Å²) in [5.74, 6) is 0.895. The Morgan fingerprint density at radius 3 is 2.19 bits per heavy atom. The Hall–Kier alpha value is -6.34. The van der Waals surface area contributed by atoms with Crippen LogP contribution in [0.2, 0.25) is 13.6 Å². The second-order valence-corrected chi connectivity index (χ2v) is 15.6. The molecule has 5 aromatic carbocycles. The molecule has 0 saturated heterocycles. The maximum Gasteiger partial charge on any atom is 0.373 e. The van der Waals surface area contributed by atoms with E-state index in [1.54, 1.807) is 12.1 Å². The number of allylic oxidation sites excluding steroid dienone is 3. The Bertz CT molecular complexity index is 2790. The fraction of sp³-hybridized carbons (Fsp3) is 0.149. The molecule has 7 heteroatoms. The number of aromatic hydroxyl groups is 1. The summed E-state index contributed by atoms with van der Waals surface area (Å²) < 4.78 is 11.5. The van der Waals surface area contributed by atoms with Gasteiger partial charge in [-0.25, -0.2) is 4.98 Å². The van der Waals surface area contributed by atoms with Crippen molar-refractivity contribution in [2.75, 3.05) is 19.0 Å². The van der Waals surface area contributed by atoms with Crippen LogP contribution in [-0.2, 0) is 0 Å². The van der Waals surface area contributed by atoms with Crippen molar-refractivity contribution in [3.8, 4) is 28.3 Å². The highest BCUT2D eigenvalue weighted by Crippen LogP contribution is 2.44. The van der Waals surface area contributed by atoms with Crippen LogP contribution in [-0.4, -0.2) is 45.3 Å². The lowest BCUT2D eigenvalue weighted by atomic mass is 9.48. The van der Waals surface area contributed by atoms with Gasteiger partial charge in [-0.15, -0.1) is 13.6 Å². The van der Waals surface area contributed by atoms with Gasteiger partial charge in [0.1, 0.15) is 11.3 Å². The molecule has 0 saturated carbocycles. The van der Waals surface area contributed by atoms with Crippen molar-refractivity contribution < 1.29 is 14.0 Å². The highest BCUT2D eigenvalue weighted by Gasteiger charge is 2.45. The molecular formula is C47H43BN4O2. The number of aromatic nitrogens is 2. The molecule has 0 spiro atoms. The van der Waals surface area contributed by atoms with E-state index in [-0.39, 0.29) is 5.75 Å². The minimum Gasteiger partial charge on any atom is -0.508 e. The van der Waals surface area contributed by atoms with E-state index in [4.69, 9.17) is 9.40 Å². The van der Waals surface area contributed by atoms with Crippen LogP contribution in [0.15, 0.2) is 137 Å². The first kappa shape index (κ1) is 33.5. The van der Waals surface area contributed by atoms with Crippen molar-refractivity contribution >= 4 is 51.3 Å². The fourth-order valence-corrected chi connectivity index (χ4v) is 8.72. The quantitative estimate of drug-likeness (QED) is 0.175. The van der Waals surface area contributed by atoms with Crippen molar-refractivity contribution in [2.45, 2.75) is 34.4 Å². The molecule has 2 aromatic heterocycles. The van der Waals surface area contributed by atoms with Gasteiger partial charge in [0.2, 0.25) is 5.89 Å². The molecule has 2 aliphatic rings. The van der Waals surface area contributed by atoms with Crippen molar-refractivity contribution in [1.82, 2.24) is 9.46 Å². The second kappa shape index (κ2) is 12.4. The normalized spacial score (nSPS) is 15.1.